The van der Waals surface area contributed by atoms with E-state index in [-0.39, 0.29) is 0 Å². The molecule has 0 aliphatic rings. The van der Waals surface area contributed by atoms with Crippen LogP contribution in [-0.4, -0.2) is 7.11 Å². The predicted molar refractivity (Wildman–Crippen MR) is 83.0 cm³/mol. The topological polar surface area (TPSA) is 47.3 Å². The minimum absolute atomic E-state index is 0.312. The number of halogens is 2. The number of nitrogens with one attached hydrogen (secondary N) is 1. The summed E-state index contributed by atoms with van der Waals surface area (Å²) in [5.74, 6) is 5.91. The van der Waals surface area contributed by atoms with Crippen LogP contribution in [0.3, 0.4) is 0 Å². The first-order valence-corrected chi connectivity index (χ1v) is 6.92. The van der Waals surface area contributed by atoms with Crippen LogP contribution in [0, 0.1) is 19.7 Å². The first kappa shape index (κ1) is 15.8. The average Bonchev–Trinajstić information content (AvgIpc) is 2.43. The monoisotopic (exact) mass is 308 g/mol. The van der Waals surface area contributed by atoms with Crippen LogP contribution in [0.5, 0.6) is 5.75 Å². The summed E-state index contributed by atoms with van der Waals surface area (Å²) in [5.41, 5.74) is 5.75. The van der Waals surface area contributed by atoms with Gasteiger partial charge in [-0.05, 0) is 43.2 Å². The van der Waals surface area contributed by atoms with Gasteiger partial charge in [-0.3, -0.25) is 5.84 Å². The Labute approximate surface area is 128 Å². The van der Waals surface area contributed by atoms with Crippen molar-refractivity contribution in [1.82, 2.24) is 5.43 Å². The van der Waals surface area contributed by atoms with Crippen LogP contribution in [-0.2, 0) is 0 Å². The SMILES string of the molecule is COc1cc(C)cc(C)c1C(NN)c1c(F)cccc1Cl. The zero-order chi connectivity index (χ0) is 15.6. The van der Waals surface area contributed by atoms with E-state index in [1.54, 1.807) is 19.2 Å². The van der Waals surface area contributed by atoms with E-state index in [0.29, 0.717) is 16.3 Å². The molecule has 2 rings (SSSR count). The molecule has 0 aliphatic carbocycles. The number of ether oxygens (including phenoxy) is 1. The van der Waals surface area contributed by atoms with Crippen molar-refractivity contribution in [2.24, 2.45) is 5.84 Å². The maximum atomic E-state index is 14.2. The molecule has 112 valence electrons. The van der Waals surface area contributed by atoms with Gasteiger partial charge in [0.2, 0.25) is 0 Å². The van der Waals surface area contributed by atoms with Crippen LogP contribution in [0.15, 0.2) is 30.3 Å². The van der Waals surface area contributed by atoms with E-state index in [2.05, 4.69) is 5.43 Å². The summed E-state index contributed by atoms with van der Waals surface area (Å²) >= 11 is 6.16. The number of benzene rings is 2. The molecule has 0 fully saturated rings. The summed E-state index contributed by atoms with van der Waals surface area (Å²) in [6, 6.07) is 7.86. The highest BCUT2D eigenvalue weighted by atomic mass is 35.5. The zero-order valence-corrected chi connectivity index (χ0v) is 13.0. The molecule has 5 heteroatoms. The fraction of sp³-hybridized carbons (Fsp3) is 0.250. The molecule has 0 heterocycles. The number of methoxy groups -OCH3 is 1. The largest absolute Gasteiger partial charge is 0.496 e. The molecule has 0 saturated carbocycles. The molecule has 0 spiro atoms. The summed E-state index contributed by atoms with van der Waals surface area (Å²) in [7, 11) is 1.58. The quantitative estimate of drug-likeness (QED) is 0.669. The number of hydrogen-bond donors (Lipinski definition) is 2. The molecular formula is C16H18ClFN2O. The number of rotatable bonds is 4. The molecular weight excluding hydrogens is 291 g/mol. The van der Waals surface area contributed by atoms with Gasteiger partial charge in [-0.25, -0.2) is 9.82 Å². The van der Waals surface area contributed by atoms with Crippen LogP contribution < -0.4 is 16.0 Å². The molecule has 2 aromatic rings. The van der Waals surface area contributed by atoms with Gasteiger partial charge in [0, 0.05) is 16.1 Å². The van der Waals surface area contributed by atoms with Gasteiger partial charge >= 0.3 is 0 Å². The number of hydrazine groups is 1. The number of hydrogen-bond acceptors (Lipinski definition) is 3. The standard InChI is InChI=1S/C16H18ClFN2O/c1-9-7-10(2)14(13(8-9)21-3)16(20-19)15-11(17)5-4-6-12(15)18/h4-8,16,20H,19H2,1-3H3. The van der Waals surface area contributed by atoms with E-state index in [1.165, 1.54) is 6.07 Å². The highest BCUT2D eigenvalue weighted by Crippen LogP contribution is 2.37. The van der Waals surface area contributed by atoms with E-state index in [0.717, 1.165) is 16.7 Å². The lowest BCUT2D eigenvalue weighted by molar-refractivity contribution is 0.402. The Morgan fingerprint density at radius 3 is 2.52 bits per heavy atom. The Balaban J connectivity index is 2.68. The van der Waals surface area contributed by atoms with Crippen molar-refractivity contribution in [3.05, 3.63) is 63.4 Å². The van der Waals surface area contributed by atoms with Gasteiger partial charge in [-0.2, -0.15) is 0 Å². The van der Waals surface area contributed by atoms with Gasteiger partial charge in [0.15, 0.2) is 0 Å². The normalized spacial score (nSPS) is 12.3. The van der Waals surface area contributed by atoms with Crippen LogP contribution >= 0.6 is 11.6 Å². The van der Waals surface area contributed by atoms with E-state index in [1.807, 2.05) is 26.0 Å². The molecule has 0 amide bonds. The third-order valence-corrected chi connectivity index (χ3v) is 3.79. The molecule has 0 saturated heterocycles. The van der Waals surface area contributed by atoms with Crippen molar-refractivity contribution in [3.8, 4) is 5.75 Å². The average molecular weight is 309 g/mol. The molecule has 0 radical (unpaired) electrons. The summed E-state index contributed by atoms with van der Waals surface area (Å²) in [5, 5.41) is 0.319. The van der Waals surface area contributed by atoms with Crippen LogP contribution in [0.4, 0.5) is 4.39 Å². The first-order chi connectivity index (χ1) is 9.99. The van der Waals surface area contributed by atoms with E-state index >= 15 is 0 Å². The minimum atomic E-state index is -0.589. The smallest absolute Gasteiger partial charge is 0.129 e. The highest BCUT2D eigenvalue weighted by Gasteiger charge is 2.24. The van der Waals surface area contributed by atoms with Crippen LogP contribution in [0.1, 0.15) is 28.3 Å². The van der Waals surface area contributed by atoms with Gasteiger partial charge in [-0.1, -0.05) is 23.7 Å². The minimum Gasteiger partial charge on any atom is -0.496 e. The summed E-state index contributed by atoms with van der Waals surface area (Å²) < 4.78 is 19.6. The second kappa shape index (κ2) is 6.43. The molecule has 0 aromatic heterocycles. The third-order valence-electron chi connectivity index (χ3n) is 3.46. The maximum Gasteiger partial charge on any atom is 0.129 e. The van der Waals surface area contributed by atoms with Gasteiger partial charge in [0.05, 0.1) is 13.2 Å². The molecule has 1 atom stereocenters. The second-order valence-corrected chi connectivity index (χ2v) is 5.34. The fourth-order valence-electron chi connectivity index (χ4n) is 2.58. The lowest BCUT2D eigenvalue weighted by Gasteiger charge is -2.23. The van der Waals surface area contributed by atoms with Gasteiger partial charge in [-0.15, -0.1) is 0 Å². The van der Waals surface area contributed by atoms with Crippen molar-refractivity contribution in [1.29, 1.82) is 0 Å². The Kier molecular flexibility index (Phi) is 4.83. The van der Waals surface area contributed by atoms with Crippen molar-refractivity contribution >= 4 is 11.6 Å². The van der Waals surface area contributed by atoms with Gasteiger partial charge in [0.1, 0.15) is 11.6 Å². The first-order valence-electron chi connectivity index (χ1n) is 6.54. The summed E-state index contributed by atoms with van der Waals surface area (Å²) in [6.07, 6.45) is 0. The number of nitrogens with two attached hydrogens (primary N) is 1. The fourth-order valence-corrected chi connectivity index (χ4v) is 2.85. The van der Waals surface area contributed by atoms with E-state index < -0.39 is 11.9 Å². The Hall–Kier alpha value is -1.62. The molecule has 2 aromatic carbocycles. The zero-order valence-electron chi connectivity index (χ0n) is 12.2. The van der Waals surface area contributed by atoms with Crippen molar-refractivity contribution in [2.45, 2.75) is 19.9 Å². The van der Waals surface area contributed by atoms with Crippen LogP contribution in [0.2, 0.25) is 5.02 Å². The Morgan fingerprint density at radius 1 is 1.24 bits per heavy atom. The molecule has 21 heavy (non-hydrogen) atoms. The lowest BCUT2D eigenvalue weighted by atomic mass is 9.93. The van der Waals surface area contributed by atoms with Crippen molar-refractivity contribution in [3.63, 3.8) is 0 Å². The van der Waals surface area contributed by atoms with Crippen molar-refractivity contribution in [2.75, 3.05) is 7.11 Å². The van der Waals surface area contributed by atoms with Crippen LogP contribution in [0.25, 0.3) is 0 Å². The summed E-state index contributed by atoms with van der Waals surface area (Å²) in [4.78, 5) is 0. The summed E-state index contributed by atoms with van der Waals surface area (Å²) in [6.45, 7) is 3.91. The lowest BCUT2D eigenvalue weighted by Crippen LogP contribution is -2.30. The highest BCUT2D eigenvalue weighted by molar-refractivity contribution is 6.31. The molecule has 0 bridgehead atoms. The van der Waals surface area contributed by atoms with Gasteiger partial charge < -0.3 is 4.74 Å². The molecule has 3 N–H and O–H groups in total. The van der Waals surface area contributed by atoms with E-state index in [9.17, 15) is 4.39 Å². The van der Waals surface area contributed by atoms with E-state index in [4.69, 9.17) is 22.2 Å². The Bertz CT molecular complexity index is 641. The predicted octanol–water partition coefficient (Wildman–Crippen LogP) is 3.66. The number of aryl methyl sites for hydroxylation is 2. The molecule has 0 aliphatic heterocycles. The maximum absolute atomic E-state index is 14.2. The molecule has 3 nitrogen and oxygen atoms in total. The Morgan fingerprint density at radius 2 is 1.95 bits per heavy atom. The van der Waals surface area contributed by atoms with Crippen molar-refractivity contribution < 1.29 is 9.13 Å². The second-order valence-electron chi connectivity index (χ2n) is 4.93. The third kappa shape index (κ3) is 3.02. The van der Waals surface area contributed by atoms with Gasteiger partial charge in [0.25, 0.3) is 0 Å². The molecule has 1 unspecified atom stereocenters.